The number of anilines is 1. The summed E-state index contributed by atoms with van der Waals surface area (Å²) in [5, 5.41) is 7.36. The van der Waals surface area contributed by atoms with Gasteiger partial charge in [-0.15, -0.1) is 0 Å². The van der Waals surface area contributed by atoms with Crippen LogP contribution in [0.15, 0.2) is 60.7 Å². The summed E-state index contributed by atoms with van der Waals surface area (Å²) < 4.78 is 2.66. The highest BCUT2D eigenvalue weighted by atomic mass is 127. The van der Waals surface area contributed by atoms with Crippen LogP contribution >= 0.6 is 22.6 Å². The van der Waals surface area contributed by atoms with Crippen molar-refractivity contribution >= 4 is 34.2 Å². The first kappa shape index (κ1) is 14.8. The molecule has 1 aromatic heterocycles. The van der Waals surface area contributed by atoms with Crippen molar-refractivity contribution in [2.24, 2.45) is 0 Å². The van der Waals surface area contributed by atoms with Crippen molar-refractivity contribution in [2.75, 3.05) is 5.32 Å². The first-order chi connectivity index (χ1) is 10.6. The standard InChI is InChI=1S/C17H14IN3O/c1-12-11-16(21(20-12)13-7-3-2-4-8-13)17(22)19-15-10-6-5-9-14(15)18/h2-11H,1H3,(H,19,22). The van der Waals surface area contributed by atoms with Crippen molar-refractivity contribution in [1.82, 2.24) is 9.78 Å². The Morgan fingerprint density at radius 1 is 1.09 bits per heavy atom. The van der Waals surface area contributed by atoms with Gasteiger partial charge in [-0.25, -0.2) is 4.68 Å². The number of benzene rings is 2. The van der Waals surface area contributed by atoms with Crippen LogP contribution < -0.4 is 5.32 Å². The van der Waals surface area contributed by atoms with Crippen molar-refractivity contribution in [2.45, 2.75) is 6.92 Å². The van der Waals surface area contributed by atoms with Gasteiger partial charge in [0.05, 0.1) is 17.1 Å². The molecule has 2 aromatic carbocycles. The number of amides is 1. The van der Waals surface area contributed by atoms with E-state index in [2.05, 4.69) is 33.0 Å². The average Bonchev–Trinajstić information content (AvgIpc) is 2.92. The van der Waals surface area contributed by atoms with Gasteiger partial charge >= 0.3 is 0 Å². The molecule has 4 nitrogen and oxygen atoms in total. The summed E-state index contributed by atoms with van der Waals surface area (Å²) in [5.74, 6) is -0.173. The molecule has 0 unspecified atom stereocenters. The van der Waals surface area contributed by atoms with E-state index in [4.69, 9.17) is 0 Å². The summed E-state index contributed by atoms with van der Waals surface area (Å²) in [4.78, 5) is 12.6. The van der Waals surface area contributed by atoms with Crippen LogP contribution in [0, 0.1) is 10.5 Å². The maximum Gasteiger partial charge on any atom is 0.274 e. The lowest BCUT2D eigenvalue weighted by Crippen LogP contribution is -2.17. The predicted molar refractivity (Wildman–Crippen MR) is 95.4 cm³/mol. The minimum absolute atomic E-state index is 0.173. The molecule has 0 radical (unpaired) electrons. The van der Waals surface area contributed by atoms with E-state index in [0.29, 0.717) is 5.69 Å². The van der Waals surface area contributed by atoms with Crippen LogP contribution in [0.3, 0.4) is 0 Å². The second-order valence-corrected chi connectivity index (χ2v) is 6.01. The Hall–Kier alpha value is -2.15. The first-order valence-corrected chi connectivity index (χ1v) is 7.91. The minimum Gasteiger partial charge on any atom is -0.320 e. The third kappa shape index (κ3) is 3.04. The molecule has 5 heteroatoms. The van der Waals surface area contributed by atoms with Crippen molar-refractivity contribution in [3.63, 3.8) is 0 Å². The van der Waals surface area contributed by atoms with Crippen LogP contribution in [0.1, 0.15) is 16.2 Å². The van der Waals surface area contributed by atoms with E-state index in [0.717, 1.165) is 20.6 Å². The van der Waals surface area contributed by atoms with Crippen molar-refractivity contribution in [1.29, 1.82) is 0 Å². The number of aryl methyl sites for hydroxylation is 1. The molecule has 0 bridgehead atoms. The average molecular weight is 403 g/mol. The third-order valence-corrected chi connectivity index (χ3v) is 4.13. The van der Waals surface area contributed by atoms with E-state index < -0.39 is 0 Å². The van der Waals surface area contributed by atoms with Crippen LogP contribution in [0.5, 0.6) is 0 Å². The van der Waals surface area contributed by atoms with Crippen molar-refractivity contribution in [3.05, 3.63) is 75.6 Å². The lowest BCUT2D eigenvalue weighted by Gasteiger charge is -2.09. The van der Waals surface area contributed by atoms with Crippen molar-refractivity contribution in [3.8, 4) is 5.69 Å². The number of aromatic nitrogens is 2. The fourth-order valence-electron chi connectivity index (χ4n) is 2.18. The van der Waals surface area contributed by atoms with E-state index >= 15 is 0 Å². The molecule has 0 aliphatic rings. The van der Waals surface area contributed by atoms with Gasteiger partial charge in [-0.1, -0.05) is 30.3 Å². The summed E-state index contributed by atoms with van der Waals surface area (Å²) >= 11 is 2.20. The monoisotopic (exact) mass is 403 g/mol. The maximum absolute atomic E-state index is 12.6. The number of carbonyl (C=O) groups excluding carboxylic acids is 1. The second kappa shape index (κ2) is 6.31. The number of hydrogen-bond acceptors (Lipinski definition) is 2. The molecule has 0 aliphatic heterocycles. The summed E-state index contributed by atoms with van der Waals surface area (Å²) in [5.41, 5.74) is 2.98. The third-order valence-electron chi connectivity index (χ3n) is 3.19. The molecule has 3 rings (SSSR count). The minimum atomic E-state index is -0.173. The summed E-state index contributed by atoms with van der Waals surface area (Å²) in [6.07, 6.45) is 0. The van der Waals surface area contributed by atoms with Gasteiger partial charge in [-0.2, -0.15) is 5.10 Å². The van der Waals surface area contributed by atoms with Gasteiger partial charge in [0, 0.05) is 3.57 Å². The summed E-state index contributed by atoms with van der Waals surface area (Å²) in [6.45, 7) is 1.88. The Bertz CT molecular complexity index is 812. The highest BCUT2D eigenvalue weighted by Gasteiger charge is 2.16. The van der Waals surface area contributed by atoms with Gasteiger partial charge in [0.25, 0.3) is 5.91 Å². The van der Waals surface area contributed by atoms with Gasteiger partial charge in [-0.05, 0) is 59.8 Å². The number of nitrogens with one attached hydrogen (secondary N) is 1. The second-order valence-electron chi connectivity index (χ2n) is 4.85. The Morgan fingerprint density at radius 3 is 2.50 bits per heavy atom. The quantitative estimate of drug-likeness (QED) is 0.672. The topological polar surface area (TPSA) is 46.9 Å². The molecule has 0 fully saturated rings. The zero-order valence-electron chi connectivity index (χ0n) is 12.0. The molecule has 1 N–H and O–H groups in total. The molecule has 0 spiro atoms. The SMILES string of the molecule is Cc1cc(C(=O)Nc2ccccc2I)n(-c2ccccc2)n1. The van der Waals surface area contributed by atoms with E-state index in [1.807, 2.05) is 61.5 Å². The van der Waals surface area contributed by atoms with Crippen LogP contribution in [0.2, 0.25) is 0 Å². The van der Waals surface area contributed by atoms with Gasteiger partial charge in [0.15, 0.2) is 0 Å². The number of hydrogen-bond donors (Lipinski definition) is 1. The zero-order chi connectivity index (χ0) is 15.5. The molecule has 110 valence electrons. The van der Waals surface area contributed by atoms with Gasteiger partial charge in [0.2, 0.25) is 0 Å². The number of rotatable bonds is 3. The first-order valence-electron chi connectivity index (χ1n) is 6.83. The summed E-state index contributed by atoms with van der Waals surface area (Å²) in [7, 11) is 0. The summed E-state index contributed by atoms with van der Waals surface area (Å²) in [6, 6.07) is 19.1. The lowest BCUT2D eigenvalue weighted by molar-refractivity contribution is 0.101. The highest BCUT2D eigenvalue weighted by Crippen LogP contribution is 2.19. The number of halogens is 1. The zero-order valence-corrected chi connectivity index (χ0v) is 14.1. The molecule has 0 aliphatic carbocycles. The number of carbonyl (C=O) groups is 1. The number of nitrogens with zero attached hydrogens (tertiary/aromatic N) is 2. The Kier molecular flexibility index (Phi) is 4.24. The van der Waals surface area contributed by atoms with Crippen molar-refractivity contribution < 1.29 is 4.79 Å². The maximum atomic E-state index is 12.6. The van der Waals surface area contributed by atoms with Gasteiger partial charge < -0.3 is 5.32 Å². The molecule has 3 aromatic rings. The van der Waals surface area contributed by atoms with E-state index in [-0.39, 0.29) is 5.91 Å². The molecular formula is C17H14IN3O. The molecule has 22 heavy (non-hydrogen) atoms. The van der Waals surface area contributed by atoms with E-state index in [1.165, 1.54) is 0 Å². The van der Waals surface area contributed by atoms with Crippen LogP contribution in [-0.4, -0.2) is 15.7 Å². The Morgan fingerprint density at radius 2 is 1.77 bits per heavy atom. The molecular weight excluding hydrogens is 389 g/mol. The van der Waals surface area contributed by atoms with Crippen LogP contribution in [0.25, 0.3) is 5.69 Å². The predicted octanol–water partition coefficient (Wildman–Crippen LogP) is 4.04. The lowest BCUT2D eigenvalue weighted by atomic mass is 10.2. The molecule has 1 amide bonds. The van der Waals surface area contributed by atoms with Crippen LogP contribution in [-0.2, 0) is 0 Å². The molecule has 0 saturated carbocycles. The fraction of sp³-hybridized carbons (Fsp3) is 0.0588. The highest BCUT2D eigenvalue weighted by molar-refractivity contribution is 14.1. The fourth-order valence-corrected chi connectivity index (χ4v) is 2.70. The smallest absolute Gasteiger partial charge is 0.274 e. The molecule has 0 atom stereocenters. The number of para-hydroxylation sites is 2. The van der Waals surface area contributed by atoms with Gasteiger partial charge in [0.1, 0.15) is 5.69 Å². The van der Waals surface area contributed by atoms with Gasteiger partial charge in [-0.3, -0.25) is 4.79 Å². The largest absolute Gasteiger partial charge is 0.320 e. The molecule has 1 heterocycles. The Balaban J connectivity index is 1.95. The van der Waals surface area contributed by atoms with E-state index in [1.54, 1.807) is 10.7 Å². The normalized spacial score (nSPS) is 10.5. The molecule has 0 saturated heterocycles. The van der Waals surface area contributed by atoms with E-state index in [9.17, 15) is 4.79 Å². The Labute approximate surface area is 142 Å². The van der Waals surface area contributed by atoms with Crippen LogP contribution in [0.4, 0.5) is 5.69 Å².